The van der Waals surface area contributed by atoms with Gasteiger partial charge in [0.2, 0.25) is 0 Å². The summed E-state index contributed by atoms with van der Waals surface area (Å²) < 4.78 is 22.4. The molecule has 0 bridgehead atoms. The molecule has 0 saturated carbocycles. The molecule has 10 heteroatoms. The van der Waals surface area contributed by atoms with Crippen molar-refractivity contribution >= 4 is 55.7 Å². The fourth-order valence-electron chi connectivity index (χ4n) is 2.71. The summed E-state index contributed by atoms with van der Waals surface area (Å²) in [5.74, 6) is -3.27. The monoisotopic (exact) mass is 624 g/mol. The number of esters is 4. The van der Waals surface area contributed by atoms with Crippen molar-refractivity contribution in [1.82, 2.24) is 0 Å². The Hall–Kier alpha value is -2.98. The van der Waals surface area contributed by atoms with Gasteiger partial charge in [0, 0.05) is 21.1 Å². The molecule has 192 valence electrons. The van der Waals surface area contributed by atoms with E-state index in [0.29, 0.717) is 24.3 Å². The highest BCUT2D eigenvalue weighted by molar-refractivity contribution is 9.10. The van der Waals surface area contributed by atoms with E-state index in [2.05, 4.69) is 31.9 Å². The van der Waals surface area contributed by atoms with E-state index in [9.17, 15) is 19.2 Å². The van der Waals surface area contributed by atoms with Crippen molar-refractivity contribution < 1.29 is 38.1 Å². The number of carbonyl (C=O) groups is 4. The maximum atomic E-state index is 12.3. The number of benzene rings is 2. The minimum atomic E-state index is -0.816. The van der Waals surface area contributed by atoms with Crippen LogP contribution in [0.3, 0.4) is 0 Å². The number of carbonyl (C=O) groups excluding carboxylic acids is 4. The molecular formula is C26H26Br2O8. The molecule has 0 heterocycles. The Balaban J connectivity index is 1.76. The highest BCUT2D eigenvalue weighted by Gasteiger charge is 2.22. The number of hydrogen-bond acceptors (Lipinski definition) is 8. The first-order valence-electron chi connectivity index (χ1n) is 11.2. The van der Waals surface area contributed by atoms with Gasteiger partial charge in [-0.15, -0.1) is 0 Å². The fraction of sp³-hybridized carbons (Fsp3) is 0.308. The predicted molar refractivity (Wildman–Crippen MR) is 138 cm³/mol. The molecule has 2 unspecified atom stereocenters. The van der Waals surface area contributed by atoms with Crippen molar-refractivity contribution in [1.29, 1.82) is 0 Å². The van der Waals surface area contributed by atoms with Gasteiger partial charge in [-0.25, -0.2) is 9.59 Å². The minimum absolute atomic E-state index is 0.204. The molecule has 0 fully saturated rings. The van der Waals surface area contributed by atoms with Crippen LogP contribution in [0, 0.1) is 11.8 Å². The largest absolute Gasteiger partial charge is 0.462 e. The molecule has 0 aliphatic carbocycles. The molecule has 0 spiro atoms. The van der Waals surface area contributed by atoms with Crippen LogP contribution in [0.15, 0.2) is 69.6 Å². The molecule has 0 amide bonds. The smallest absolute Gasteiger partial charge is 0.331 e. The normalized spacial score (nSPS) is 12.4. The lowest BCUT2D eigenvalue weighted by Crippen LogP contribution is -2.26. The number of ether oxygens (including phenoxy) is 4. The maximum absolute atomic E-state index is 12.3. The average molecular weight is 626 g/mol. The van der Waals surface area contributed by atoms with Gasteiger partial charge in [0.1, 0.15) is 24.7 Å². The van der Waals surface area contributed by atoms with Crippen molar-refractivity contribution in [3.05, 3.63) is 69.6 Å². The first-order valence-corrected chi connectivity index (χ1v) is 12.8. The van der Waals surface area contributed by atoms with E-state index in [-0.39, 0.29) is 13.2 Å². The zero-order valence-electron chi connectivity index (χ0n) is 19.8. The van der Waals surface area contributed by atoms with Crippen LogP contribution >= 0.6 is 31.9 Å². The molecule has 0 aromatic heterocycles. The summed E-state index contributed by atoms with van der Waals surface area (Å²) in [5, 5.41) is 0. The number of halogens is 2. The molecule has 0 radical (unpaired) electrons. The highest BCUT2D eigenvalue weighted by atomic mass is 79.9. The molecule has 8 nitrogen and oxygen atoms in total. The SMILES string of the molecule is CCC(COC(=O)/C=C\C(=O)OCC(CC)C(=O)Oc1ccc(Br)cc1)C(=O)Oc1ccc(Br)cc1. The zero-order valence-corrected chi connectivity index (χ0v) is 23.0. The van der Waals surface area contributed by atoms with Crippen LogP contribution in [0.5, 0.6) is 11.5 Å². The van der Waals surface area contributed by atoms with E-state index in [4.69, 9.17) is 18.9 Å². The number of rotatable bonds is 12. The van der Waals surface area contributed by atoms with Gasteiger partial charge in [-0.2, -0.15) is 0 Å². The standard InChI is InChI=1S/C26H26Br2O8/c1-3-17(25(31)35-21-9-5-19(27)6-10-21)15-33-23(29)13-14-24(30)34-16-18(4-2)26(32)36-22-11-7-20(28)8-12-22/h5-14,17-18H,3-4,15-16H2,1-2H3/b14-13-. The quantitative estimate of drug-likeness (QED) is 0.175. The van der Waals surface area contributed by atoms with Gasteiger partial charge in [-0.1, -0.05) is 45.7 Å². The Morgan fingerprint density at radius 2 is 1.00 bits per heavy atom. The van der Waals surface area contributed by atoms with Crippen molar-refractivity contribution in [3.63, 3.8) is 0 Å². The van der Waals surface area contributed by atoms with Gasteiger partial charge in [0.15, 0.2) is 0 Å². The first-order chi connectivity index (χ1) is 17.2. The third kappa shape index (κ3) is 10.3. The molecule has 0 N–H and O–H groups in total. The predicted octanol–water partition coefficient (Wildman–Crippen LogP) is 5.42. The third-order valence-corrected chi connectivity index (χ3v) is 5.98. The number of hydrogen-bond donors (Lipinski definition) is 0. The van der Waals surface area contributed by atoms with Crippen molar-refractivity contribution in [2.75, 3.05) is 13.2 Å². The first kappa shape index (κ1) is 29.3. The molecular weight excluding hydrogens is 600 g/mol. The second-order valence-electron chi connectivity index (χ2n) is 7.55. The van der Waals surface area contributed by atoms with E-state index < -0.39 is 35.7 Å². The summed E-state index contributed by atoms with van der Waals surface area (Å²) in [7, 11) is 0. The lowest BCUT2D eigenvalue weighted by Gasteiger charge is -2.14. The van der Waals surface area contributed by atoms with Crippen LogP contribution in [-0.4, -0.2) is 37.1 Å². The van der Waals surface area contributed by atoms with Crippen molar-refractivity contribution in [2.24, 2.45) is 11.8 Å². The maximum Gasteiger partial charge on any atom is 0.331 e. The lowest BCUT2D eigenvalue weighted by atomic mass is 10.1. The summed E-state index contributed by atoms with van der Waals surface area (Å²) in [5.41, 5.74) is 0. The average Bonchev–Trinajstić information content (AvgIpc) is 2.86. The van der Waals surface area contributed by atoms with Crippen LogP contribution in [-0.2, 0) is 28.7 Å². The Labute approximate surface area is 226 Å². The molecule has 2 aromatic rings. The Morgan fingerprint density at radius 3 is 1.31 bits per heavy atom. The van der Waals surface area contributed by atoms with Crippen LogP contribution in [0.25, 0.3) is 0 Å². The van der Waals surface area contributed by atoms with E-state index in [0.717, 1.165) is 21.1 Å². The topological polar surface area (TPSA) is 105 Å². The molecule has 0 aliphatic heterocycles. The van der Waals surface area contributed by atoms with Crippen LogP contribution < -0.4 is 9.47 Å². The van der Waals surface area contributed by atoms with Gasteiger partial charge < -0.3 is 18.9 Å². The summed E-state index contributed by atoms with van der Waals surface area (Å²) in [4.78, 5) is 48.6. The van der Waals surface area contributed by atoms with Gasteiger partial charge in [-0.05, 0) is 61.4 Å². The molecule has 2 atom stereocenters. The second kappa shape index (κ2) is 15.2. The van der Waals surface area contributed by atoms with Gasteiger partial charge >= 0.3 is 23.9 Å². The van der Waals surface area contributed by atoms with Crippen LogP contribution in [0.2, 0.25) is 0 Å². The van der Waals surface area contributed by atoms with E-state index >= 15 is 0 Å². The second-order valence-corrected chi connectivity index (χ2v) is 9.39. The zero-order chi connectivity index (χ0) is 26.5. The van der Waals surface area contributed by atoms with Crippen molar-refractivity contribution in [2.45, 2.75) is 26.7 Å². The molecule has 2 rings (SSSR count). The summed E-state index contributed by atoms with van der Waals surface area (Å²) in [6, 6.07) is 13.5. The Kier molecular flexibility index (Phi) is 12.4. The van der Waals surface area contributed by atoms with Crippen molar-refractivity contribution in [3.8, 4) is 11.5 Å². The Bertz CT molecular complexity index is 979. The molecule has 36 heavy (non-hydrogen) atoms. The molecule has 0 saturated heterocycles. The van der Waals surface area contributed by atoms with Gasteiger partial charge in [0.25, 0.3) is 0 Å². The minimum Gasteiger partial charge on any atom is -0.462 e. The molecule has 2 aromatic carbocycles. The highest BCUT2D eigenvalue weighted by Crippen LogP contribution is 2.19. The molecule has 0 aliphatic rings. The fourth-order valence-corrected chi connectivity index (χ4v) is 3.24. The third-order valence-electron chi connectivity index (χ3n) is 4.93. The van der Waals surface area contributed by atoms with E-state index in [1.165, 1.54) is 0 Å². The van der Waals surface area contributed by atoms with Gasteiger partial charge in [0.05, 0.1) is 11.8 Å². The summed E-state index contributed by atoms with van der Waals surface area (Å²) >= 11 is 6.60. The van der Waals surface area contributed by atoms with Crippen LogP contribution in [0.4, 0.5) is 0 Å². The van der Waals surface area contributed by atoms with E-state index in [1.54, 1.807) is 62.4 Å². The summed E-state index contributed by atoms with van der Waals surface area (Å²) in [6.45, 7) is 3.12. The van der Waals surface area contributed by atoms with Crippen LogP contribution in [0.1, 0.15) is 26.7 Å². The summed E-state index contributed by atoms with van der Waals surface area (Å²) in [6.07, 6.45) is 2.58. The lowest BCUT2D eigenvalue weighted by molar-refractivity contribution is -0.149. The Morgan fingerprint density at radius 1 is 0.667 bits per heavy atom. The van der Waals surface area contributed by atoms with E-state index in [1.807, 2.05) is 0 Å². The van der Waals surface area contributed by atoms with Gasteiger partial charge in [-0.3, -0.25) is 9.59 Å².